The lowest BCUT2D eigenvalue weighted by molar-refractivity contribution is -0.144. The van der Waals surface area contributed by atoms with Crippen LogP contribution in [-0.2, 0) is 14.3 Å². The van der Waals surface area contributed by atoms with E-state index in [9.17, 15) is 9.59 Å². The van der Waals surface area contributed by atoms with E-state index in [-0.39, 0.29) is 18.2 Å². The smallest absolute Gasteiger partial charge is 0.306 e. The normalized spacial score (nSPS) is 23.7. The minimum atomic E-state index is -0.249. The zero-order chi connectivity index (χ0) is 13.4. The first-order valence-electron chi connectivity index (χ1n) is 7.33. The fraction of sp³-hybridized carbons (Fsp3) is 0.867. The Balaban J connectivity index is 2.21. The molecule has 0 spiro atoms. The maximum Gasteiger partial charge on any atom is 0.306 e. The lowest BCUT2D eigenvalue weighted by Gasteiger charge is -2.27. The molecule has 3 heteroatoms. The molecule has 18 heavy (non-hydrogen) atoms. The number of ether oxygens (including phenoxy) is 1. The van der Waals surface area contributed by atoms with Gasteiger partial charge in [-0.3, -0.25) is 9.59 Å². The number of hydrogen-bond donors (Lipinski definition) is 0. The van der Waals surface area contributed by atoms with Gasteiger partial charge in [0, 0.05) is 12.8 Å². The average molecular weight is 254 g/mol. The van der Waals surface area contributed by atoms with Crippen molar-refractivity contribution in [3.63, 3.8) is 0 Å². The van der Waals surface area contributed by atoms with Crippen LogP contribution in [0.4, 0.5) is 0 Å². The third kappa shape index (κ3) is 5.65. The number of carbonyl (C=O) groups excluding carboxylic acids is 2. The molecule has 2 unspecified atom stereocenters. The summed E-state index contributed by atoms with van der Waals surface area (Å²) in [5, 5.41) is 0. The van der Waals surface area contributed by atoms with Gasteiger partial charge in [-0.1, -0.05) is 32.6 Å². The zero-order valence-electron chi connectivity index (χ0n) is 11.7. The fourth-order valence-electron chi connectivity index (χ4n) is 2.86. The van der Waals surface area contributed by atoms with Crippen LogP contribution in [0.5, 0.6) is 0 Å². The second-order valence-electron chi connectivity index (χ2n) is 5.35. The largest absolute Gasteiger partial charge is 0.466 e. The highest BCUT2D eigenvalue weighted by Crippen LogP contribution is 2.33. The van der Waals surface area contributed by atoms with E-state index in [1.165, 1.54) is 32.1 Å². The molecule has 104 valence electrons. The molecular weight excluding hydrogens is 228 g/mol. The molecule has 1 saturated carbocycles. The lowest BCUT2D eigenvalue weighted by Crippen LogP contribution is -2.18. The van der Waals surface area contributed by atoms with Crippen molar-refractivity contribution in [3.8, 4) is 0 Å². The second kappa shape index (κ2) is 8.28. The van der Waals surface area contributed by atoms with Crippen molar-refractivity contribution >= 4 is 11.8 Å². The molecule has 0 aliphatic heterocycles. The standard InChI is InChI=1S/C15H26O3/c1-3-12-6-5-7-13(10-12)11-14(16)8-9-15(17)18-4-2/h12-13H,3-11H2,1-2H3. The number of hydrogen-bond acceptors (Lipinski definition) is 3. The Hall–Kier alpha value is -0.860. The first-order valence-corrected chi connectivity index (χ1v) is 7.33. The van der Waals surface area contributed by atoms with Crippen molar-refractivity contribution < 1.29 is 14.3 Å². The van der Waals surface area contributed by atoms with Gasteiger partial charge in [0.25, 0.3) is 0 Å². The molecule has 0 aromatic heterocycles. The summed E-state index contributed by atoms with van der Waals surface area (Å²) in [5.74, 6) is 1.34. The van der Waals surface area contributed by atoms with Gasteiger partial charge in [0.05, 0.1) is 13.0 Å². The van der Waals surface area contributed by atoms with Gasteiger partial charge in [0.2, 0.25) is 0 Å². The summed E-state index contributed by atoms with van der Waals surface area (Å²) in [6.45, 7) is 4.41. The minimum Gasteiger partial charge on any atom is -0.466 e. The van der Waals surface area contributed by atoms with Gasteiger partial charge in [0.15, 0.2) is 0 Å². The van der Waals surface area contributed by atoms with Crippen LogP contribution in [0.2, 0.25) is 0 Å². The third-order valence-electron chi connectivity index (χ3n) is 3.90. The number of rotatable bonds is 7. The molecule has 3 nitrogen and oxygen atoms in total. The molecule has 1 fully saturated rings. The molecule has 1 aliphatic carbocycles. The van der Waals surface area contributed by atoms with Crippen LogP contribution in [0.15, 0.2) is 0 Å². The van der Waals surface area contributed by atoms with Gasteiger partial charge in [-0.2, -0.15) is 0 Å². The topological polar surface area (TPSA) is 43.4 Å². The maximum atomic E-state index is 11.8. The van der Waals surface area contributed by atoms with Crippen LogP contribution in [-0.4, -0.2) is 18.4 Å². The summed E-state index contributed by atoms with van der Waals surface area (Å²) in [5.41, 5.74) is 0. The van der Waals surface area contributed by atoms with Crippen molar-refractivity contribution in [2.75, 3.05) is 6.61 Å². The molecule has 0 bridgehead atoms. The molecule has 0 saturated heterocycles. The average Bonchev–Trinajstić information content (AvgIpc) is 2.37. The molecule has 1 rings (SSSR count). The van der Waals surface area contributed by atoms with Gasteiger partial charge in [-0.15, -0.1) is 0 Å². The van der Waals surface area contributed by atoms with Crippen molar-refractivity contribution in [1.29, 1.82) is 0 Å². The van der Waals surface area contributed by atoms with Gasteiger partial charge in [-0.05, 0) is 25.2 Å². The van der Waals surface area contributed by atoms with Crippen molar-refractivity contribution in [2.24, 2.45) is 11.8 Å². The lowest BCUT2D eigenvalue weighted by atomic mass is 9.78. The Labute approximate surface area is 110 Å². The predicted molar refractivity (Wildman–Crippen MR) is 71.2 cm³/mol. The minimum absolute atomic E-state index is 0.227. The molecule has 0 aromatic carbocycles. The number of carbonyl (C=O) groups is 2. The summed E-state index contributed by atoms with van der Waals surface area (Å²) >= 11 is 0. The third-order valence-corrected chi connectivity index (χ3v) is 3.90. The predicted octanol–water partition coefficient (Wildman–Crippen LogP) is 3.51. The van der Waals surface area contributed by atoms with Crippen molar-refractivity contribution in [1.82, 2.24) is 0 Å². The van der Waals surface area contributed by atoms with Gasteiger partial charge >= 0.3 is 5.97 Å². The zero-order valence-corrected chi connectivity index (χ0v) is 11.7. The highest BCUT2D eigenvalue weighted by Gasteiger charge is 2.22. The Morgan fingerprint density at radius 1 is 1.11 bits per heavy atom. The Morgan fingerprint density at radius 2 is 1.83 bits per heavy atom. The van der Waals surface area contributed by atoms with Crippen LogP contribution in [0.25, 0.3) is 0 Å². The molecule has 1 aliphatic rings. The first-order chi connectivity index (χ1) is 8.65. The molecule has 0 aromatic rings. The van der Waals surface area contributed by atoms with Crippen molar-refractivity contribution in [3.05, 3.63) is 0 Å². The highest BCUT2D eigenvalue weighted by atomic mass is 16.5. The van der Waals surface area contributed by atoms with E-state index in [2.05, 4.69) is 6.92 Å². The van der Waals surface area contributed by atoms with E-state index in [4.69, 9.17) is 4.74 Å². The van der Waals surface area contributed by atoms with E-state index in [0.717, 1.165) is 5.92 Å². The van der Waals surface area contributed by atoms with E-state index in [1.807, 2.05) is 0 Å². The summed E-state index contributed by atoms with van der Waals surface area (Å²) in [7, 11) is 0. The van der Waals surface area contributed by atoms with E-state index >= 15 is 0 Å². The monoisotopic (exact) mass is 254 g/mol. The summed E-state index contributed by atoms with van der Waals surface area (Å²) in [6.07, 6.45) is 7.45. The number of ketones is 1. The molecule has 0 amide bonds. The van der Waals surface area contributed by atoms with E-state index < -0.39 is 0 Å². The molecule has 0 heterocycles. The van der Waals surface area contributed by atoms with E-state index in [1.54, 1.807) is 6.92 Å². The van der Waals surface area contributed by atoms with E-state index in [0.29, 0.717) is 25.4 Å². The van der Waals surface area contributed by atoms with Gasteiger partial charge < -0.3 is 4.74 Å². The Bertz CT molecular complexity index is 273. The Kier molecular flexibility index (Phi) is 6.99. The highest BCUT2D eigenvalue weighted by molar-refractivity contribution is 5.83. The van der Waals surface area contributed by atoms with Crippen LogP contribution < -0.4 is 0 Å². The fourth-order valence-corrected chi connectivity index (χ4v) is 2.86. The maximum absolute atomic E-state index is 11.8. The van der Waals surface area contributed by atoms with Crippen LogP contribution >= 0.6 is 0 Å². The van der Waals surface area contributed by atoms with Gasteiger partial charge in [0.1, 0.15) is 5.78 Å². The first kappa shape index (κ1) is 15.2. The van der Waals surface area contributed by atoms with Gasteiger partial charge in [-0.25, -0.2) is 0 Å². The van der Waals surface area contributed by atoms with Crippen LogP contribution in [0.1, 0.15) is 65.2 Å². The van der Waals surface area contributed by atoms with Crippen molar-refractivity contribution in [2.45, 2.75) is 65.2 Å². The quantitative estimate of drug-likeness (QED) is 0.653. The second-order valence-corrected chi connectivity index (χ2v) is 5.35. The molecule has 0 N–H and O–H groups in total. The number of esters is 1. The number of Topliss-reactive ketones (excluding diaryl/α,β-unsaturated/α-hetero) is 1. The van der Waals surface area contributed by atoms with Crippen LogP contribution in [0.3, 0.4) is 0 Å². The Morgan fingerprint density at radius 3 is 2.50 bits per heavy atom. The summed E-state index contributed by atoms with van der Waals surface area (Å²) < 4.78 is 4.83. The summed E-state index contributed by atoms with van der Waals surface area (Å²) in [6, 6.07) is 0. The van der Waals surface area contributed by atoms with Crippen LogP contribution in [0, 0.1) is 11.8 Å². The summed E-state index contributed by atoms with van der Waals surface area (Å²) in [4.78, 5) is 23.0. The molecule has 0 radical (unpaired) electrons. The molecular formula is C15H26O3. The SMILES string of the molecule is CCOC(=O)CCC(=O)CC1CCCC(CC)C1. The molecule has 2 atom stereocenters.